The molecule has 0 aliphatic rings. The maximum Gasteiger partial charge on any atom is 0.211 e. The fourth-order valence-corrected chi connectivity index (χ4v) is 3.14. The molecular weight excluding hydrogens is 314 g/mol. The molecule has 0 aliphatic heterocycles. The number of hydrogen-bond acceptors (Lipinski definition) is 2. The van der Waals surface area contributed by atoms with E-state index >= 15 is 0 Å². The van der Waals surface area contributed by atoms with Crippen molar-refractivity contribution in [3.8, 4) is 0 Å². The topological polar surface area (TPSA) is 46.2 Å². The van der Waals surface area contributed by atoms with Crippen LogP contribution >= 0.6 is 15.9 Å². The highest BCUT2D eigenvalue weighted by atomic mass is 79.9. The molecule has 0 saturated heterocycles. The zero-order valence-electron chi connectivity index (χ0n) is 10.8. The van der Waals surface area contributed by atoms with Gasteiger partial charge in [0.15, 0.2) is 0 Å². The van der Waals surface area contributed by atoms with Crippen molar-refractivity contribution in [1.29, 1.82) is 0 Å². The Bertz CT molecular complexity index is 472. The minimum Gasteiger partial charge on any atom is -0.212 e. The van der Waals surface area contributed by atoms with E-state index in [0.717, 1.165) is 16.5 Å². The Morgan fingerprint density at radius 3 is 2.56 bits per heavy atom. The summed E-state index contributed by atoms with van der Waals surface area (Å²) in [5.41, 5.74) is 2.13. The first-order chi connectivity index (χ1) is 8.43. The molecule has 0 fully saturated rings. The molecule has 0 bridgehead atoms. The van der Waals surface area contributed by atoms with Gasteiger partial charge in [0, 0.05) is 11.9 Å². The maximum absolute atomic E-state index is 11.7. The van der Waals surface area contributed by atoms with Gasteiger partial charge < -0.3 is 0 Å². The molecule has 102 valence electrons. The quantitative estimate of drug-likeness (QED) is 0.779. The molecule has 1 aromatic rings. The molecule has 0 atom stereocenters. The van der Waals surface area contributed by atoms with Gasteiger partial charge in [-0.05, 0) is 23.5 Å². The molecule has 3 nitrogen and oxygen atoms in total. The third-order valence-electron chi connectivity index (χ3n) is 2.61. The smallest absolute Gasteiger partial charge is 0.211 e. The van der Waals surface area contributed by atoms with Crippen molar-refractivity contribution in [2.45, 2.75) is 32.1 Å². The summed E-state index contributed by atoms with van der Waals surface area (Å²) in [5, 5.41) is 0.779. The van der Waals surface area contributed by atoms with E-state index < -0.39 is 10.0 Å². The summed E-state index contributed by atoms with van der Waals surface area (Å²) < 4.78 is 26.1. The molecule has 1 rings (SSSR count). The van der Waals surface area contributed by atoms with Gasteiger partial charge in [-0.25, -0.2) is 13.1 Å². The monoisotopic (exact) mass is 333 g/mol. The second-order valence-corrected chi connectivity index (χ2v) is 7.26. The fourth-order valence-electron chi connectivity index (χ4n) is 1.48. The van der Waals surface area contributed by atoms with Crippen molar-refractivity contribution >= 4 is 26.0 Å². The van der Waals surface area contributed by atoms with Crippen LogP contribution in [0.4, 0.5) is 0 Å². The lowest BCUT2D eigenvalue weighted by Gasteiger charge is -2.09. The first-order valence-electron chi connectivity index (χ1n) is 6.04. The van der Waals surface area contributed by atoms with Gasteiger partial charge in [0.05, 0.1) is 5.75 Å². The second-order valence-electron chi connectivity index (χ2n) is 4.78. The van der Waals surface area contributed by atoms with E-state index in [1.54, 1.807) is 0 Å². The number of hydrogen-bond donors (Lipinski definition) is 1. The van der Waals surface area contributed by atoms with Crippen molar-refractivity contribution in [2.75, 3.05) is 5.75 Å². The Balaban J connectivity index is 2.53. The molecule has 1 aromatic carbocycles. The van der Waals surface area contributed by atoms with E-state index in [4.69, 9.17) is 0 Å². The molecule has 0 unspecified atom stereocenters. The van der Waals surface area contributed by atoms with E-state index in [1.165, 1.54) is 0 Å². The standard InChI is InChI=1S/C13H20BrNO2S/c1-11(2)6-7-18(16,17)15-10-13-5-3-4-12(8-13)9-14/h3-5,8,11,15H,6-7,9-10H2,1-2H3. The summed E-state index contributed by atoms with van der Waals surface area (Å²) in [7, 11) is -3.16. The van der Waals surface area contributed by atoms with Gasteiger partial charge in [0.1, 0.15) is 0 Å². The van der Waals surface area contributed by atoms with Crippen LogP contribution in [0.2, 0.25) is 0 Å². The highest BCUT2D eigenvalue weighted by Crippen LogP contribution is 2.09. The first kappa shape index (κ1) is 15.7. The Labute approximate surface area is 118 Å². The van der Waals surface area contributed by atoms with Crippen LogP contribution in [0.25, 0.3) is 0 Å². The summed E-state index contributed by atoms with van der Waals surface area (Å²) in [4.78, 5) is 0. The highest BCUT2D eigenvalue weighted by Gasteiger charge is 2.10. The number of nitrogens with one attached hydrogen (secondary N) is 1. The molecule has 0 spiro atoms. The minimum absolute atomic E-state index is 0.197. The van der Waals surface area contributed by atoms with Crippen molar-refractivity contribution < 1.29 is 8.42 Å². The third-order valence-corrected chi connectivity index (χ3v) is 4.61. The first-order valence-corrected chi connectivity index (χ1v) is 8.81. The van der Waals surface area contributed by atoms with Crippen LogP contribution in [-0.4, -0.2) is 14.2 Å². The van der Waals surface area contributed by atoms with Gasteiger partial charge in [-0.2, -0.15) is 0 Å². The second kappa shape index (κ2) is 7.26. The summed E-state index contributed by atoms with van der Waals surface area (Å²) in [5.74, 6) is 0.598. The fraction of sp³-hybridized carbons (Fsp3) is 0.538. The average Bonchev–Trinajstić information content (AvgIpc) is 2.35. The summed E-state index contributed by atoms with van der Waals surface area (Å²) in [6, 6.07) is 7.87. The molecule has 0 saturated carbocycles. The number of rotatable bonds is 7. The largest absolute Gasteiger partial charge is 0.212 e. The van der Waals surface area contributed by atoms with Crippen molar-refractivity contribution in [3.63, 3.8) is 0 Å². The Morgan fingerprint density at radius 1 is 1.28 bits per heavy atom. The normalized spacial score (nSPS) is 12.0. The Kier molecular flexibility index (Phi) is 6.32. The van der Waals surface area contributed by atoms with Crippen LogP contribution in [0.5, 0.6) is 0 Å². The predicted octanol–water partition coefficient (Wildman–Crippen LogP) is 3.05. The van der Waals surface area contributed by atoms with Gasteiger partial charge in [-0.15, -0.1) is 0 Å². The number of sulfonamides is 1. The highest BCUT2D eigenvalue weighted by molar-refractivity contribution is 9.08. The summed E-state index contributed by atoms with van der Waals surface area (Å²) >= 11 is 3.38. The van der Waals surface area contributed by atoms with Crippen LogP contribution in [0.15, 0.2) is 24.3 Å². The lowest BCUT2D eigenvalue weighted by Crippen LogP contribution is -2.26. The van der Waals surface area contributed by atoms with Gasteiger partial charge in [0.25, 0.3) is 0 Å². The van der Waals surface area contributed by atoms with E-state index in [2.05, 4.69) is 20.7 Å². The van der Waals surface area contributed by atoms with Crippen molar-refractivity contribution in [1.82, 2.24) is 4.72 Å². The van der Waals surface area contributed by atoms with Crippen LogP contribution < -0.4 is 4.72 Å². The molecule has 0 amide bonds. The molecule has 0 radical (unpaired) electrons. The summed E-state index contributed by atoms with van der Waals surface area (Å²) in [6.45, 7) is 4.41. The van der Waals surface area contributed by atoms with Crippen molar-refractivity contribution in [3.05, 3.63) is 35.4 Å². The van der Waals surface area contributed by atoms with Gasteiger partial charge in [-0.1, -0.05) is 54.0 Å². The minimum atomic E-state index is -3.16. The molecular formula is C13H20BrNO2S. The van der Waals surface area contributed by atoms with Crippen LogP contribution in [0.3, 0.4) is 0 Å². The predicted molar refractivity (Wildman–Crippen MR) is 79.2 cm³/mol. The van der Waals surface area contributed by atoms with Gasteiger partial charge in [0.2, 0.25) is 10.0 Å². The van der Waals surface area contributed by atoms with E-state index in [0.29, 0.717) is 18.9 Å². The van der Waals surface area contributed by atoms with E-state index in [9.17, 15) is 8.42 Å². The average molecular weight is 334 g/mol. The zero-order chi connectivity index (χ0) is 13.6. The molecule has 0 heterocycles. The zero-order valence-corrected chi connectivity index (χ0v) is 13.2. The molecule has 5 heteroatoms. The van der Waals surface area contributed by atoms with Gasteiger partial charge in [-0.3, -0.25) is 0 Å². The van der Waals surface area contributed by atoms with Crippen LogP contribution in [0.1, 0.15) is 31.4 Å². The third kappa shape index (κ3) is 5.98. The lowest BCUT2D eigenvalue weighted by molar-refractivity contribution is 0.561. The maximum atomic E-state index is 11.7. The SMILES string of the molecule is CC(C)CCS(=O)(=O)NCc1cccc(CBr)c1. The van der Waals surface area contributed by atoms with E-state index in [-0.39, 0.29) is 5.75 Å². The molecule has 18 heavy (non-hydrogen) atoms. The lowest BCUT2D eigenvalue weighted by atomic mass is 10.1. The van der Waals surface area contributed by atoms with Crippen LogP contribution in [-0.2, 0) is 21.9 Å². The number of benzene rings is 1. The molecule has 0 aliphatic carbocycles. The molecule has 0 aromatic heterocycles. The number of alkyl halides is 1. The number of halogens is 1. The Morgan fingerprint density at radius 2 is 1.94 bits per heavy atom. The van der Waals surface area contributed by atoms with E-state index in [1.807, 2.05) is 38.1 Å². The molecule has 1 N–H and O–H groups in total. The van der Waals surface area contributed by atoms with Crippen molar-refractivity contribution in [2.24, 2.45) is 5.92 Å². The Hall–Kier alpha value is -0.390. The summed E-state index contributed by atoms with van der Waals surface area (Å²) in [6.07, 6.45) is 0.691. The van der Waals surface area contributed by atoms with Gasteiger partial charge >= 0.3 is 0 Å². The van der Waals surface area contributed by atoms with Crippen LogP contribution in [0, 0.1) is 5.92 Å².